The number of aromatic nitrogens is 2. The van der Waals surface area contributed by atoms with E-state index in [9.17, 15) is 9.18 Å². The van der Waals surface area contributed by atoms with Gasteiger partial charge >= 0.3 is 0 Å². The van der Waals surface area contributed by atoms with E-state index >= 15 is 0 Å². The molecular formula is C17H22FN3O2. The zero-order valence-electron chi connectivity index (χ0n) is 13.7. The molecule has 124 valence electrons. The molecule has 0 aliphatic carbocycles. The summed E-state index contributed by atoms with van der Waals surface area (Å²) in [7, 11) is 1.70. The third-order valence-corrected chi connectivity index (χ3v) is 4.80. The number of nitrogens with two attached hydrogens (primary N) is 1. The van der Waals surface area contributed by atoms with Crippen LogP contribution in [-0.4, -0.2) is 22.8 Å². The Morgan fingerprint density at radius 1 is 1.39 bits per heavy atom. The third kappa shape index (κ3) is 2.66. The summed E-state index contributed by atoms with van der Waals surface area (Å²) in [6.07, 6.45) is 1.60. The van der Waals surface area contributed by atoms with Gasteiger partial charge in [0.2, 0.25) is 0 Å². The highest BCUT2D eigenvalue weighted by Gasteiger charge is 2.34. The van der Waals surface area contributed by atoms with Gasteiger partial charge in [-0.25, -0.2) is 9.37 Å². The Hall–Kier alpha value is -1.79. The molecule has 1 atom stereocenters. The van der Waals surface area contributed by atoms with Crippen LogP contribution < -0.4 is 11.3 Å². The van der Waals surface area contributed by atoms with E-state index in [1.807, 2.05) is 0 Å². The Bertz CT molecular complexity index is 808. The molecule has 0 amide bonds. The minimum atomic E-state index is -0.464. The van der Waals surface area contributed by atoms with Gasteiger partial charge in [0.15, 0.2) is 0 Å². The van der Waals surface area contributed by atoms with Crippen molar-refractivity contribution in [3.8, 4) is 0 Å². The van der Waals surface area contributed by atoms with Crippen LogP contribution in [0.25, 0.3) is 10.9 Å². The maximum Gasteiger partial charge on any atom is 0.261 e. The van der Waals surface area contributed by atoms with Gasteiger partial charge in [-0.05, 0) is 37.5 Å². The SMILES string of the molecule is C[C@@H](N)c1cc(F)cc2c(=O)n(C)c(C3(C)CCOCC3)nc12. The maximum atomic E-state index is 13.9. The van der Waals surface area contributed by atoms with Crippen molar-refractivity contribution in [1.29, 1.82) is 0 Å². The van der Waals surface area contributed by atoms with E-state index in [1.165, 1.54) is 16.7 Å². The number of hydrogen-bond acceptors (Lipinski definition) is 4. The topological polar surface area (TPSA) is 70.1 Å². The van der Waals surface area contributed by atoms with E-state index in [4.69, 9.17) is 15.5 Å². The molecule has 1 aliphatic rings. The van der Waals surface area contributed by atoms with Crippen molar-refractivity contribution < 1.29 is 9.13 Å². The first kappa shape index (κ1) is 16.1. The molecule has 23 heavy (non-hydrogen) atoms. The summed E-state index contributed by atoms with van der Waals surface area (Å²) < 4.78 is 20.8. The summed E-state index contributed by atoms with van der Waals surface area (Å²) in [4.78, 5) is 17.5. The molecular weight excluding hydrogens is 297 g/mol. The molecule has 2 N–H and O–H groups in total. The Morgan fingerprint density at radius 2 is 2.04 bits per heavy atom. The minimum absolute atomic E-state index is 0.232. The van der Waals surface area contributed by atoms with Crippen molar-refractivity contribution in [1.82, 2.24) is 9.55 Å². The number of fused-ring (bicyclic) bond motifs is 1. The van der Waals surface area contributed by atoms with E-state index in [-0.39, 0.29) is 16.4 Å². The fourth-order valence-corrected chi connectivity index (χ4v) is 3.30. The summed E-state index contributed by atoms with van der Waals surface area (Å²) in [5.41, 5.74) is 6.56. The van der Waals surface area contributed by atoms with E-state index in [0.717, 1.165) is 12.8 Å². The van der Waals surface area contributed by atoms with Crippen LogP contribution in [0.5, 0.6) is 0 Å². The largest absolute Gasteiger partial charge is 0.381 e. The normalized spacial score (nSPS) is 19.0. The second-order valence-electron chi connectivity index (χ2n) is 6.65. The number of rotatable bonds is 2. The molecule has 0 spiro atoms. The second-order valence-corrected chi connectivity index (χ2v) is 6.65. The predicted molar refractivity (Wildman–Crippen MR) is 86.9 cm³/mol. The smallest absolute Gasteiger partial charge is 0.261 e. The molecule has 1 aromatic carbocycles. The first-order valence-corrected chi connectivity index (χ1v) is 7.87. The summed E-state index contributed by atoms with van der Waals surface area (Å²) >= 11 is 0. The quantitative estimate of drug-likeness (QED) is 0.921. The Morgan fingerprint density at radius 3 is 2.65 bits per heavy atom. The fourth-order valence-electron chi connectivity index (χ4n) is 3.30. The van der Waals surface area contributed by atoms with E-state index < -0.39 is 11.9 Å². The lowest BCUT2D eigenvalue weighted by Gasteiger charge is -2.34. The van der Waals surface area contributed by atoms with Gasteiger partial charge in [0.05, 0.1) is 10.9 Å². The van der Waals surface area contributed by atoms with Crippen LogP contribution in [-0.2, 0) is 17.2 Å². The van der Waals surface area contributed by atoms with Crippen LogP contribution in [0.15, 0.2) is 16.9 Å². The number of hydrogen-bond donors (Lipinski definition) is 1. The fraction of sp³-hybridized carbons (Fsp3) is 0.529. The molecule has 0 saturated carbocycles. The summed E-state index contributed by atoms with van der Waals surface area (Å²) in [5.74, 6) is 0.250. The minimum Gasteiger partial charge on any atom is -0.381 e. The van der Waals surface area contributed by atoms with Crippen LogP contribution in [0, 0.1) is 5.82 Å². The summed E-state index contributed by atoms with van der Waals surface area (Å²) in [6.45, 7) is 5.16. The highest BCUT2D eigenvalue weighted by atomic mass is 19.1. The average molecular weight is 319 g/mol. The van der Waals surface area contributed by atoms with Crippen molar-refractivity contribution in [3.05, 3.63) is 39.7 Å². The Labute approximate surface area is 134 Å². The number of ether oxygens (including phenoxy) is 1. The molecule has 3 rings (SSSR count). The molecule has 1 fully saturated rings. The molecule has 6 heteroatoms. The van der Waals surface area contributed by atoms with Crippen molar-refractivity contribution in [2.75, 3.05) is 13.2 Å². The zero-order valence-corrected chi connectivity index (χ0v) is 13.7. The zero-order chi connectivity index (χ0) is 16.8. The molecule has 5 nitrogen and oxygen atoms in total. The predicted octanol–water partition coefficient (Wildman–Crippen LogP) is 2.16. The molecule has 2 aromatic rings. The molecule has 0 bridgehead atoms. The van der Waals surface area contributed by atoms with Crippen LogP contribution in [0.4, 0.5) is 4.39 Å². The van der Waals surface area contributed by atoms with Gasteiger partial charge < -0.3 is 10.5 Å². The Balaban J connectivity index is 2.33. The van der Waals surface area contributed by atoms with Crippen molar-refractivity contribution in [3.63, 3.8) is 0 Å². The van der Waals surface area contributed by atoms with Gasteiger partial charge in [0.25, 0.3) is 5.56 Å². The first-order chi connectivity index (χ1) is 10.8. The number of benzene rings is 1. The molecule has 1 aliphatic heterocycles. The molecule has 1 saturated heterocycles. The maximum absolute atomic E-state index is 13.9. The van der Waals surface area contributed by atoms with E-state index in [2.05, 4.69) is 6.92 Å². The van der Waals surface area contributed by atoms with Crippen molar-refractivity contribution in [2.24, 2.45) is 12.8 Å². The highest BCUT2D eigenvalue weighted by Crippen LogP contribution is 2.33. The lowest BCUT2D eigenvalue weighted by molar-refractivity contribution is 0.0523. The van der Waals surface area contributed by atoms with Crippen molar-refractivity contribution >= 4 is 10.9 Å². The van der Waals surface area contributed by atoms with Crippen LogP contribution in [0.2, 0.25) is 0 Å². The molecule has 0 radical (unpaired) electrons. The third-order valence-electron chi connectivity index (χ3n) is 4.80. The lowest BCUT2D eigenvalue weighted by Crippen LogP contribution is -2.38. The van der Waals surface area contributed by atoms with Crippen LogP contribution in [0.3, 0.4) is 0 Å². The number of nitrogens with zero attached hydrogens (tertiary/aromatic N) is 2. The van der Waals surface area contributed by atoms with Crippen LogP contribution >= 0.6 is 0 Å². The lowest BCUT2D eigenvalue weighted by atomic mass is 9.81. The van der Waals surface area contributed by atoms with Gasteiger partial charge in [-0.15, -0.1) is 0 Å². The highest BCUT2D eigenvalue weighted by molar-refractivity contribution is 5.81. The average Bonchev–Trinajstić information content (AvgIpc) is 2.51. The molecule has 1 aromatic heterocycles. The summed E-state index contributed by atoms with van der Waals surface area (Å²) in [6, 6.07) is 2.21. The second kappa shape index (κ2) is 5.69. The van der Waals surface area contributed by atoms with E-state index in [1.54, 1.807) is 14.0 Å². The van der Waals surface area contributed by atoms with Gasteiger partial charge in [-0.1, -0.05) is 6.92 Å². The van der Waals surface area contributed by atoms with Crippen LogP contribution in [0.1, 0.15) is 44.1 Å². The monoisotopic (exact) mass is 319 g/mol. The van der Waals surface area contributed by atoms with Gasteiger partial charge in [0, 0.05) is 31.7 Å². The molecule has 0 unspecified atom stereocenters. The standard InChI is InChI=1S/C17H22FN3O2/c1-10(19)12-8-11(18)9-13-14(12)20-16(21(3)15(13)22)17(2)4-6-23-7-5-17/h8-10H,4-7,19H2,1-3H3/t10-/m1/s1. The Kier molecular flexibility index (Phi) is 3.98. The van der Waals surface area contributed by atoms with Gasteiger partial charge in [-0.2, -0.15) is 0 Å². The van der Waals surface area contributed by atoms with Gasteiger partial charge in [0.1, 0.15) is 11.6 Å². The first-order valence-electron chi connectivity index (χ1n) is 7.87. The molecule has 2 heterocycles. The summed E-state index contributed by atoms with van der Waals surface area (Å²) in [5, 5.41) is 0.277. The number of halogens is 1. The van der Waals surface area contributed by atoms with E-state index in [0.29, 0.717) is 30.1 Å². The van der Waals surface area contributed by atoms with Crippen molar-refractivity contribution in [2.45, 2.75) is 38.1 Å². The van der Waals surface area contributed by atoms with Gasteiger partial charge in [-0.3, -0.25) is 9.36 Å².